The van der Waals surface area contributed by atoms with E-state index in [0.717, 1.165) is 11.3 Å². The summed E-state index contributed by atoms with van der Waals surface area (Å²) in [5.41, 5.74) is 1.42. The Kier molecular flexibility index (Phi) is 5.33. The zero-order valence-corrected chi connectivity index (χ0v) is 15.2. The van der Waals surface area contributed by atoms with Crippen LogP contribution in [0.25, 0.3) is 0 Å². The van der Waals surface area contributed by atoms with E-state index in [4.69, 9.17) is 23.2 Å². The highest BCUT2D eigenvalue weighted by molar-refractivity contribution is 6.39. The lowest BCUT2D eigenvalue weighted by molar-refractivity contribution is 0.0910. The van der Waals surface area contributed by atoms with Crippen molar-refractivity contribution in [3.63, 3.8) is 0 Å². The van der Waals surface area contributed by atoms with Crippen molar-refractivity contribution in [2.75, 3.05) is 0 Å². The van der Waals surface area contributed by atoms with Crippen molar-refractivity contribution in [2.45, 2.75) is 39.2 Å². The van der Waals surface area contributed by atoms with E-state index < -0.39 is 5.54 Å². The summed E-state index contributed by atoms with van der Waals surface area (Å²) in [6.45, 7) is 7.87. The summed E-state index contributed by atoms with van der Waals surface area (Å²) in [5, 5.41) is 3.66. The third kappa shape index (κ3) is 4.04. The van der Waals surface area contributed by atoms with Gasteiger partial charge in [0.2, 0.25) is 0 Å². The number of carbonyl (C=O) groups is 1. The Bertz CT molecular complexity index is 689. The number of hydrogen-bond donors (Lipinski definition) is 1. The zero-order chi connectivity index (χ0) is 17.2. The minimum absolute atomic E-state index is 0.284. The minimum atomic E-state index is -0.637. The molecule has 0 radical (unpaired) electrons. The Morgan fingerprint density at radius 2 is 1.78 bits per heavy atom. The van der Waals surface area contributed by atoms with Gasteiger partial charge < -0.3 is 5.32 Å². The highest BCUT2D eigenvalue weighted by Crippen LogP contribution is 2.30. The van der Waals surface area contributed by atoms with Gasteiger partial charge in [0.25, 0.3) is 5.91 Å². The molecule has 0 atom stereocenters. The van der Waals surface area contributed by atoms with E-state index in [9.17, 15) is 4.79 Å². The molecular weight excluding hydrogens is 331 g/mol. The van der Waals surface area contributed by atoms with Gasteiger partial charge in [0, 0.05) is 6.20 Å². The molecule has 0 saturated heterocycles. The first kappa shape index (κ1) is 17.8. The second-order valence-corrected chi connectivity index (χ2v) is 7.12. The van der Waals surface area contributed by atoms with Crippen LogP contribution < -0.4 is 5.32 Å². The summed E-state index contributed by atoms with van der Waals surface area (Å²) in [6.07, 6.45) is 1.70. The number of halogens is 2. The van der Waals surface area contributed by atoms with Gasteiger partial charge in [-0.1, -0.05) is 43.1 Å². The van der Waals surface area contributed by atoms with Crippen LogP contribution in [-0.4, -0.2) is 10.9 Å². The summed E-state index contributed by atoms with van der Waals surface area (Å²) in [7, 11) is 0. The van der Waals surface area contributed by atoms with Crippen molar-refractivity contribution >= 4 is 29.1 Å². The van der Waals surface area contributed by atoms with Crippen LogP contribution >= 0.6 is 23.2 Å². The summed E-state index contributed by atoms with van der Waals surface area (Å²) in [5.74, 6) is -0.0296. The first-order valence-corrected chi connectivity index (χ1v) is 8.21. The van der Waals surface area contributed by atoms with Gasteiger partial charge in [0.15, 0.2) is 0 Å². The van der Waals surface area contributed by atoms with Gasteiger partial charge in [-0.05, 0) is 49.6 Å². The second-order valence-electron chi connectivity index (χ2n) is 6.31. The van der Waals surface area contributed by atoms with Gasteiger partial charge in [-0.25, -0.2) is 0 Å². The highest BCUT2D eigenvalue weighted by Gasteiger charge is 2.27. The molecule has 122 valence electrons. The van der Waals surface area contributed by atoms with E-state index >= 15 is 0 Å². The van der Waals surface area contributed by atoms with Crippen LogP contribution in [0.5, 0.6) is 0 Å². The number of hydrogen-bond acceptors (Lipinski definition) is 2. The monoisotopic (exact) mass is 350 g/mol. The SMILES string of the molecule is CC(C)c1cc(Cl)c(C(=O)NC(C)(C)c2ccccn2)c(Cl)c1. The molecule has 3 nitrogen and oxygen atoms in total. The Morgan fingerprint density at radius 3 is 2.26 bits per heavy atom. The molecule has 5 heteroatoms. The zero-order valence-electron chi connectivity index (χ0n) is 13.7. The Hall–Kier alpha value is -1.58. The standard InChI is InChI=1S/C18H20Cl2N2O/c1-11(2)12-9-13(19)16(14(20)10-12)17(23)22-18(3,4)15-7-5-6-8-21-15/h5-11H,1-4H3,(H,22,23). The fourth-order valence-corrected chi connectivity index (χ4v) is 2.96. The number of nitrogens with zero attached hydrogens (tertiary/aromatic N) is 1. The third-order valence-corrected chi connectivity index (χ3v) is 4.29. The molecule has 0 spiro atoms. The molecule has 0 aliphatic carbocycles. The fraction of sp³-hybridized carbons (Fsp3) is 0.333. The van der Waals surface area contributed by atoms with E-state index in [-0.39, 0.29) is 11.8 Å². The van der Waals surface area contributed by atoms with Gasteiger partial charge in [-0.3, -0.25) is 9.78 Å². The summed E-state index contributed by atoms with van der Waals surface area (Å²) in [6, 6.07) is 9.17. The van der Waals surface area contributed by atoms with Gasteiger partial charge >= 0.3 is 0 Å². The largest absolute Gasteiger partial charge is 0.341 e. The lowest BCUT2D eigenvalue weighted by Gasteiger charge is -2.26. The Balaban J connectivity index is 2.31. The van der Waals surface area contributed by atoms with Gasteiger partial charge in [-0.15, -0.1) is 0 Å². The second kappa shape index (κ2) is 6.90. The van der Waals surface area contributed by atoms with Crippen LogP contribution in [0.2, 0.25) is 10.0 Å². The van der Waals surface area contributed by atoms with Crippen molar-refractivity contribution in [3.05, 3.63) is 63.4 Å². The minimum Gasteiger partial charge on any atom is -0.341 e. The number of carbonyl (C=O) groups excluding carboxylic acids is 1. The van der Waals surface area contributed by atoms with Gasteiger partial charge in [0.05, 0.1) is 26.8 Å². The number of amides is 1. The van der Waals surface area contributed by atoms with Crippen LogP contribution in [0.15, 0.2) is 36.5 Å². The molecule has 0 bridgehead atoms. The smallest absolute Gasteiger partial charge is 0.255 e. The number of nitrogens with one attached hydrogen (secondary N) is 1. The molecule has 0 fully saturated rings. The molecule has 0 aliphatic rings. The van der Waals surface area contributed by atoms with E-state index in [2.05, 4.69) is 10.3 Å². The Labute approximate surface area is 147 Å². The molecule has 1 aromatic carbocycles. The summed E-state index contributed by atoms with van der Waals surface area (Å²) < 4.78 is 0. The van der Waals surface area contributed by atoms with E-state index in [1.54, 1.807) is 18.3 Å². The number of rotatable bonds is 4. The van der Waals surface area contributed by atoms with Crippen molar-refractivity contribution in [1.82, 2.24) is 10.3 Å². The molecular formula is C18H20Cl2N2O. The maximum atomic E-state index is 12.6. The number of aromatic nitrogens is 1. The fourth-order valence-electron chi connectivity index (χ4n) is 2.29. The third-order valence-electron chi connectivity index (χ3n) is 3.69. The molecule has 0 unspecified atom stereocenters. The first-order valence-electron chi connectivity index (χ1n) is 7.45. The van der Waals surface area contributed by atoms with Crippen molar-refractivity contribution in [2.24, 2.45) is 0 Å². The normalized spacial score (nSPS) is 11.6. The number of pyridine rings is 1. The van der Waals surface area contributed by atoms with Crippen LogP contribution in [0.4, 0.5) is 0 Å². The van der Waals surface area contributed by atoms with E-state index in [1.807, 2.05) is 45.9 Å². The molecule has 23 heavy (non-hydrogen) atoms. The molecule has 1 aromatic heterocycles. The summed E-state index contributed by atoms with van der Waals surface area (Å²) >= 11 is 12.6. The molecule has 0 aliphatic heterocycles. The maximum Gasteiger partial charge on any atom is 0.255 e. The molecule has 1 amide bonds. The average molecular weight is 351 g/mol. The van der Waals surface area contributed by atoms with Crippen LogP contribution in [0.3, 0.4) is 0 Å². The van der Waals surface area contributed by atoms with Crippen LogP contribution in [0.1, 0.15) is 55.2 Å². The van der Waals surface area contributed by atoms with E-state index in [0.29, 0.717) is 15.6 Å². The quantitative estimate of drug-likeness (QED) is 0.825. The summed E-state index contributed by atoms with van der Waals surface area (Å²) in [4.78, 5) is 16.9. The lowest BCUT2D eigenvalue weighted by Crippen LogP contribution is -2.41. The predicted octanol–water partition coefficient (Wildman–Crippen LogP) is 5.18. The predicted molar refractivity (Wildman–Crippen MR) is 95.3 cm³/mol. The van der Waals surface area contributed by atoms with Crippen LogP contribution in [-0.2, 0) is 5.54 Å². The maximum absolute atomic E-state index is 12.6. The Morgan fingerprint density at radius 1 is 1.17 bits per heavy atom. The molecule has 2 rings (SSSR count). The van der Waals surface area contributed by atoms with E-state index in [1.165, 1.54) is 0 Å². The van der Waals surface area contributed by atoms with Gasteiger partial charge in [-0.2, -0.15) is 0 Å². The number of benzene rings is 1. The van der Waals surface area contributed by atoms with Gasteiger partial charge in [0.1, 0.15) is 0 Å². The topological polar surface area (TPSA) is 42.0 Å². The molecule has 2 aromatic rings. The lowest BCUT2D eigenvalue weighted by atomic mass is 9.98. The van der Waals surface area contributed by atoms with Crippen molar-refractivity contribution in [3.8, 4) is 0 Å². The van der Waals surface area contributed by atoms with Crippen molar-refractivity contribution < 1.29 is 4.79 Å². The highest BCUT2D eigenvalue weighted by atomic mass is 35.5. The first-order chi connectivity index (χ1) is 10.7. The molecule has 0 saturated carbocycles. The molecule has 1 N–H and O–H groups in total. The molecule has 1 heterocycles. The van der Waals surface area contributed by atoms with Crippen LogP contribution in [0, 0.1) is 0 Å². The average Bonchev–Trinajstić information content (AvgIpc) is 2.46. The van der Waals surface area contributed by atoms with Crippen molar-refractivity contribution in [1.29, 1.82) is 0 Å².